The SMILES string of the molecule is COc1ccc([C@H](C)NCc2nc[nH]c2C)cc1. The van der Waals surface area contributed by atoms with Crippen LogP contribution in [0.4, 0.5) is 0 Å². The number of rotatable bonds is 5. The summed E-state index contributed by atoms with van der Waals surface area (Å²) in [5.74, 6) is 0.883. The Morgan fingerprint density at radius 1 is 1.33 bits per heavy atom. The average molecular weight is 245 g/mol. The highest BCUT2D eigenvalue weighted by molar-refractivity contribution is 5.28. The van der Waals surface area contributed by atoms with E-state index in [1.807, 2.05) is 19.1 Å². The summed E-state index contributed by atoms with van der Waals surface area (Å²) in [6, 6.07) is 8.40. The summed E-state index contributed by atoms with van der Waals surface area (Å²) < 4.78 is 5.15. The lowest BCUT2D eigenvalue weighted by Gasteiger charge is -2.14. The Morgan fingerprint density at radius 2 is 2.06 bits per heavy atom. The fourth-order valence-electron chi connectivity index (χ4n) is 1.83. The summed E-state index contributed by atoms with van der Waals surface area (Å²) in [6.45, 7) is 4.94. The van der Waals surface area contributed by atoms with Gasteiger partial charge in [-0.1, -0.05) is 12.1 Å². The molecule has 1 aromatic heterocycles. The van der Waals surface area contributed by atoms with Gasteiger partial charge in [-0.15, -0.1) is 0 Å². The third kappa shape index (κ3) is 2.90. The first kappa shape index (κ1) is 12.6. The van der Waals surface area contributed by atoms with E-state index in [1.165, 1.54) is 5.56 Å². The van der Waals surface area contributed by atoms with Gasteiger partial charge in [0.25, 0.3) is 0 Å². The second kappa shape index (κ2) is 5.69. The largest absolute Gasteiger partial charge is 0.497 e. The Kier molecular flexibility index (Phi) is 3.99. The van der Waals surface area contributed by atoms with Crippen molar-refractivity contribution in [3.05, 3.63) is 47.5 Å². The lowest BCUT2D eigenvalue weighted by molar-refractivity contribution is 0.414. The molecule has 18 heavy (non-hydrogen) atoms. The quantitative estimate of drug-likeness (QED) is 0.851. The zero-order valence-electron chi connectivity index (χ0n) is 11.0. The molecule has 4 nitrogen and oxygen atoms in total. The average Bonchev–Trinajstić information content (AvgIpc) is 2.81. The van der Waals surface area contributed by atoms with Crippen LogP contribution in [0.2, 0.25) is 0 Å². The molecule has 2 N–H and O–H groups in total. The molecule has 0 aliphatic heterocycles. The number of aromatic amines is 1. The van der Waals surface area contributed by atoms with Crippen molar-refractivity contribution in [2.75, 3.05) is 7.11 Å². The zero-order valence-corrected chi connectivity index (χ0v) is 11.0. The molecule has 0 amide bonds. The molecule has 0 saturated carbocycles. The van der Waals surface area contributed by atoms with Crippen molar-refractivity contribution in [2.45, 2.75) is 26.4 Å². The maximum atomic E-state index is 5.15. The third-order valence-corrected chi connectivity index (χ3v) is 3.13. The standard InChI is InChI=1S/C14H19N3O/c1-10(12-4-6-13(18-3)7-5-12)15-8-14-11(2)16-9-17-14/h4-7,9-10,15H,8H2,1-3H3,(H,16,17)/t10-/m0/s1. The van der Waals surface area contributed by atoms with Crippen LogP contribution in [-0.4, -0.2) is 17.1 Å². The molecule has 0 unspecified atom stereocenters. The maximum absolute atomic E-state index is 5.15. The second-order valence-electron chi connectivity index (χ2n) is 4.35. The molecule has 0 bridgehead atoms. The summed E-state index contributed by atoms with van der Waals surface area (Å²) in [7, 11) is 1.68. The Balaban J connectivity index is 1.94. The van der Waals surface area contributed by atoms with Gasteiger partial charge < -0.3 is 15.0 Å². The highest BCUT2D eigenvalue weighted by Gasteiger charge is 2.07. The number of benzene rings is 1. The van der Waals surface area contributed by atoms with Gasteiger partial charge in [0.2, 0.25) is 0 Å². The Bertz CT molecular complexity index is 490. The fraction of sp³-hybridized carbons (Fsp3) is 0.357. The highest BCUT2D eigenvalue weighted by Crippen LogP contribution is 2.17. The zero-order chi connectivity index (χ0) is 13.0. The lowest BCUT2D eigenvalue weighted by atomic mass is 10.1. The van der Waals surface area contributed by atoms with Crippen LogP contribution in [-0.2, 0) is 6.54 Å². The van der Waals surface area contributed by atoms with E-state index in [9.17, 15) is 0 Å². The molecule has 96 valence electrons. The number of methoxy groups -OCH3 is 1. The molecule has 1 aromatic carbocycles. The van der Waals surface area contributed by atoms with Gasteiger partial charge in [-0.25, -0.2) is 4.98 Å². The minimum atomic E-state index is 0.284. The van der Waals surface area contributed by atoms with Gasteiger partial charge >= 0.3 is 0 Å². The molecule has 2 rings (SSSR count). The van der Waals surface area contributed by atoms with E-state index < -0.39 is 0 Å². The van der Waals surface area contributed by atoms with Crippen molar-refractivity contribution < 1.29 is 4.74 Å². The van der Waals surface area contributed by atoms with Gasteiger partial charge in [0.15, 0.2) is 0 Å². The molecule has 0 spiro atoms. The van der Waals surface area contributed by atoms with Gasteiger partial charge in [0.1, 0.15) is 5.75 Å². The Morgan fingerprint density at radius 3 is 2.61 bits per heavy atom. The minimum absolute atomic E-state index is 0.284. The van der Waals surface area contributed by atoms with Crippen LogP contribution < -0.4 is 10.1 Å². The Hall–Kier alpha value is -1.81. The van der Waals surface area contributed by atoms with E-state index in [2.05, 4.69) is 34.3 Å². The normalized spacial score (nSPS) is 12.4. The minimum Gasteiger partial charge on any atom is -0.497 e. The summed E-state index contributed by atoms with van der Waals surface area (Å²) in [5, 5.41) is 3.46. The molecular formula is C14H19N3O. The number of ether oxygens (including phenoxy) is 1. The number of aromatic nitrogens is 2. The van der Waals surface area contributed by atoms with E-state index in [1.54, 1.807) is 13.4 Å². The first-order valence-electron chi connectivity index (χ1n) is 6.07. The van der Waals surface area contributed by atoms with Crippen molar-refractivity contribution in [1.29, 1.82) is 0 Å². The van der Waals surface area contributed by atoms with Crippen molar-refractivity contribution >= 4 is 0 Å². The van der Waals surface area contributed by atoms with E-state index >= 15 is 0 Å². The predicted octanol–water partition coefficient (Wildman–Crippen LogP) is 2.58. The molecule has 2 aromatic rings. The van der Waals surface area contributed by atoms with Crippen molar-refractivity contribution in [3.8, 4) is 5.75 Å². The molecule has 0 saturated heterocycles. The van der Waals surface area contributed by atoms with E-state index in [-0.39, 0.29) is 6.04 Å². The topological polar surface area (TPSA) is 49.9 Å². The number of aryl methyl sites for hydroxylation is 1. The summed E-state index contributed by atoms with van der Waals surface area (Å²) >= 11 is 0. The van der Waals surface area contributed by atoms with Gasteiger partial charge in [0, 0.05) is 18.3 Å². The van der Waals surface area contributed by atoms with Crippen LogP contribution in [0.25, 0.3) is 0 Å². The van der Waals surface area contributed by atoms with Crippen molar-refractivity contribution in [2.24, 2.45) is 0 Å². The molecule has 1 heterocycles. The molecule has 0 aliphatic rings. The van der Waals surface area contributed by atoms with Gasteiger partial charge in [-0.3, -0.25) is 0 Å². The van der Waals surface area contributed by atoms with Crippen LogP contribution in [0.5, 0.6) is 5.75 Å². The molecule has 1 atom stereocenters. The number of nitrogens with zero attached hydrogens (tertiary/aromatic N) is 1. The number of imidazole rings is 1. The van der Waals surface area contributed by atoms with E-state index in [0.29, 0.717) is 0 Å². The monoisotopic (exact) mass is 245 g/mol. The number of H-pyrrole nitrogens is 1. The first-order valence-corrected chi connectivity index (χ1v) is 6.07. The first-order chi connectivity index (χ1) is 8.70. The number of nitrogens with one attached hydrogen (secondary N) is 2. The van der Waals surface area contributed by atoms with Gasteiger partial charge in [-0.2, -0.15) is 0 Å². The maximum Gasteiger partial charge on any atom is 0.118 e. The third-order valence-electron chi connectivity index (χ3n) is 3.13. The van der Waals surface area contributed by atoms with Crippen LogP contribution in [0.3, 0.4) is 0 Å². The molecule has 0 radical (unpaired) electrons. The van der Waals surface area contributed by atoms with Gasteiger partial charge in [-0.05, 0) is 31.5 Å². The fourth-order valence-corrected chi connectivity index (χ4v) is 1.83. The lowest BCUT2D eigenvalue weighted by Crippen LogP contribution is -2.18. The van der Waals surface area contributed by atoms with Crippen molar-refractivity contribution in [3.63, 3.8) is 0 Å². The van der Waals surface area contributed by atoms with Crippen LogP contribution in [0.15, 0.2) is 30.6 Å². The summed E-state index contributed by atoms with van der Waals surface area (Å²) in [4.78, 5) is 7.35. The number of hydrogen-bond donors (Lipinski definition) is 2. The summed E-state index contributed by atoms with van der Waals surface area (Å²) in [5.41, 5.74) is 3.42. The van der Waals surface area contributed by atoms with Crippen LogP contribution in [0, 0.1) is 6.92 Å². The molecule has 4 heteroatoms. The van der Waals surface area contributed by atoms with E-state index in [4.69, 9.17) is 4.74 Å². The smallest absolute Gasteiger partial charge is 0.118 e. The molecule has 0 fully saturated rings. The second-order valence-corrected chi connectivity index (χ2v) is 4.35. The Labute approximate surface area is 107 Å². The van der Waals surface area contributed by atoms with Crippen molar-refractivity contribution in [1.82, 2.24) is 15.3 Å². The highest BCUT2D eigenvalue weighted by atomic mass is 16.5. The summed E-state index contributed by atoms with van der Waals surface area (Å²) in [6.07, 6.45) is 1.73. The molecule has 0 aliphatic carbocycles. The molecular weight excluding hydrogens is 226 g/mol. The van der Waals surface area contributed by atoms with E-state index in [0.717, 1.165) is 23.7 Å². The van der Waals surface area contributed by atoms with Crippen LogP contribution in [0.1, 0.15) is 29.9 Å². The number of hydrogen-bond acceptors (Lipinski definition) is 3. The van der Waals surface area contributed by atoms with Crippen LogP contribution >= 0.6 is 0 Å². The van der Waals surface area contributed by atoms with Gasteiger partial charge in [0.05, 0.1) is 19.1 Å². The predicted molar refractivity (Wildman–Crippen MR) is 71.6 cm³/mol.